The first-order chi connectivity index (χ1) is 13.3. The second kappa shape index (κ2) is 8.78. The summed E-state index contributed by atoms with van der Waals surface area (Å²) >= 11 is 0. The number of nitro groups is 1. The summed E-state index contributed by atoms with van der Waals surface area (Å²) in [5.74, 6) is 0.876. The Morgan fingerprint density at radius 2 is 1.93 bits per heavy atom. The molecule has 0 bridgehead atoms. The highest BCUT2D eigenvalue weighted by Crippen LogP contribution is 2.32. The Morgan fingerprint density at radius 3 is 2.50 bits per heavy atom. The van der Waals surface area contributed by atoms with E-state index in [0.717, 1.165) is 19.4 Å². The van der Waals surface area contributed by atoms with Crippen molar-refractivity contribution in [2.24, 2.45) is 11.3 Å². The van der Waals surface area contributed by atoms with E-state index in [1.54, 1.807) is 12.3 Å². The normalized spacial score (nSPS) is 20.4. The lowest BCUT2D eigenvalue weighted by atomic mass is 9.76. The molecule has 0 radical (unpaired) electrons. The molecule has 8 heteroatoms. The molecule has 0 unspecified atom stereocenters. The van der Waals surface area contributed by atoms with Crippen molar-refractivity contribution in [3.63, 3.8) is 0 Å². The Labute approximate surface area is 168 Å². The van der Waals surface area contributed by atoms with Gasteiger partial charge in [0, 0.05) is 48.9 Å². The Kier molecular flexibility index (Phi) is 6.60. The minimum Gasteiger partial charge on any atom is -0.407 e. The van der Waals surface area contributed by atoms with Gasteiger partial charge in [0.25, 0.3) is 0 Å². The molecule has 28 heavy (non-hydrogen) atoms. The van der Waals surface area contributed by atoms with Crippen LogP contribution in [0.25, 0.3) is 0 Å². The van der Waals surface area contributed by atoms with Gasteiger partial charge >= 0.3 is 12.8 Å². The van der Waals surface area contributed by atoms with E-state index in [4.69, 9.17) is 9.31 Å². The molecule has 1 saturated carbocycles. The van der Waals surface area contributed by atoms with E-state index in [0.29, 0.717) is 36.5 Å². The van der Waals surface area contributed by atoms with Crippen LogP contribution in [0, 0.1) is 21.4 Å². The fourth-order valence-corrected chi connectivity index (χ4v) is 4.03. The Morgan fingerprint density at radius 1 is 1.29 bits per heavy atom. The number of hydrogen-bond acceptors (Lipinski definition) is 6. The molecule has 3 rings (SSSR count). The van der Waals surface area contributed by atoms with Crippen LogP contribution in [0.5, 0.6) is 0 Å². The van der Waals surface area contributed by atoms with Gasteiger partial charge in [0.05, 0.1) is 4.92 Å². The number of nitrogens with zero attached hydrogens (tertiary/aromatic N) is 3. The highest BCUT2D eigenvalue weighted by Gasteiger charge is 2.36. The van der Waals surface area contributed by atoms with Gasteiger partial charge in [0.2, 0.25) is 5.82 Å². The van der Waals surface area contributed by atoms with Gasteiger partial charge in [-0.1, -0.05) is 47.0 Å². The molecule has 1 aromatic heterocycles. The van der Waals surface area contributed by atoms with Crippen molar-refractivity contribution in [2.45, 2.75) is 65.8 Å². The van der Waals surface area contributed by atoms with Gasteiger partial charge in [-0.3, -0.25) is 10.1 Å². The number of pyridine rings is 1. The standard InChI is InChI=1S/C20H32BN3O4/c1-15(2)12-23(17-8-6-5-7-9-17)19-18(24(25)26)10-16(11-22-19)21-27-13-20(3,4)14-28-21/h10-11,15,17H,5-9,12-14H2,1-4H3. The van der Waals surface area contributed by atoms with E-state index in [2.05, 4.69) is 37.6 Å². The van der Waals surface area contributed by atoms with E-state index in [1.807, 2.05) is 0 Å². The average Bonchev–Trinajstić information content (AvgIpc) is 2.66. The molecular weight excluding hydrogens is 357 g/mol. The lowest BCUT2D eigenvalue weighted by Gasteiger charge is -2.36. The molecule has 1 aliphatic carbocycles. The largest absolute Gasteiger partial charge is 0.495 e. The molecule has 0 N–H and O–H groups in total. The molecule has 1 aliphatic heterocycles. The molecule has 154 valence electrons. The minimum absolute atomic E-state index is 0.0424. The molecular formula is C20H32BN3O4. The topological polar surface area (TPSA) is 77.7 Å². The second-order valence-corrected chi connectivity index (χ2v) is 9.32. The predicted octanol–water partition coefficient (Wildman–Crippen LogP) is 3.55. The zero-order valence-corrected chi connectivity index (χ0v) is 17.5. The van der Waals surface area contributed by atoms with Crippen LogP contribution in [0.2, 0.25) is 0 Å². The van der Waals surface area contributed by atoms with Gasteiger partial charge in [0.1, 0.15) is 0 Å². The van der Waals surface area contributed by atoms with Crippen molar-refractivity contribution in [3.05, 3.63) is 22.4 Å². The zero-order valence-electron chi connectivity index (χ0n) is 17.5. The maximum atomic E-state index is 11.9. The molecule has 2 fully saturated rings. The third-order valence-electron chi connectivity index (χ3n) is 5.44. The third-order valence-corrected chi connectivity index (χ3v) is 5.44. The summed E-state index contributed by atoms with van der Waals surface area (Å²) in [5.41, 5.74) is 0.602. The summed E-state index contributed by atoms with van der Waals surface area (Å²) < 4.78 is 11.6. The fourth-order valence-electron chi connectivity index (χ4n) is 4.03. The number of hydrogen-bond donors (Lipinski definition) is 0. The van der Waals surface area contributed by atoms with Crippen LogP contribution in [0.15, 0.2) is 12.3 Å². The van der Waals surface area contributed by atoms with Crippen molar-refractivity contribution in [2.75, 3.05) is 24.7 Å². The average molecular weight is 389 g/mol. The minimum atomic E-state index is -0.596. The summed E-state index contributed by atoms with van der Waals surface area (Å²) in [6, 6.07) is 1.90. The fraction of sp³-hybridized carbons (Fsp3) is 0.750. The SMILES string of the molecule is CC(C)CN(c1ncc(B2OCC(C)(C)CO2)cc1[N+](=O)[O-])C1CCCCC1. The van der Waals surface area contributed by atoms with Crippen molar-refractivity contribution in [3.8, 4) is 0 Å². The first kappa shape index (κ1) is 21.1. The van der Waals surface area contributed by atoms with E-state index < -0.39 is 7.12 Å². The van der Waals surface area contributed by atoms with Gasteiger partial charge in [-0.15, -0.1) is 0 Å². The zero-order chi connectivity index (χ0) is 20.3. The molecule has 1 aromatic rings. The molecule has 0 amide bonds. The van der Waals surface area contributed by atoms with Gasteiger partial charge in [-0.25, -0.2) is 4.98 Å². The molecule has 2 aliphatic rings. The van der Waals surface area contributed by atoms with E-state index >= 15 is 0 Å². The first-order valence-electron chi connectivity index (χ1n) is 10.4. The van der Waals surface area contributed by atoms with Gasteiger partial charge in [0.15, 0.2) is 0 Å². The van der Waals surface area contributed by atoms with E-state index in [-0.39, 0.29) is 16.0 Å². The molecule has 1 saturated heterocycles. The predicted molar refractivity (Wildman–Crippen MR) is 111 cm³/mol. The molecule has 2 heterocycles. The smallest absolute Gasteiger partial charge is 0.407 e. The van der Waals surface area contributed by atoms with Crippen molar-refractivity contribution >= 4 is 24.1 Å². The summed E-state index contributed by atoms with van der Waals surface area (Å²) in [5, 5.41) is 11.9. The Bertz CT molecular complexity index is 682. The second-order valence-electron chi connectivity index (χ2n) is 9.32. The first-order valence-corrected chi connectivity index (χ1v) is 10.4. The van der Waals surface area contributed by atoms with Crippen LogP contribution in [-0.2, 0) is 9.31 Å². The Balaban J connectivity index is 1.89. The van der Waals surface area contributed by atoms with Crippen LogP contribution in [-0.4, -0.2) is 42.8 Å². The van der Waals surface area contributed by atoms with E-state index in [1.165, 1.54) is 19.3 Å². The number of anilines is 1. The van der Waals surface area contributed by atoms with Crippen LogP contribution in [0.3, 0.4) is 0 Å². The van der Waals surface area contributed by atoms with Gasteiger partial charge < -0.3 is 14.2 Å². The van der Waals surface area contributed by atoms with Gasteiger partial charge in [-0.05, 0) is 18.8 Å². The Hall–Kier alpha value is -1.67. The molecule has 0 spiro atoms. The molecule has 0 aromatic carbocycles. The van der Waals surface area contributed by atoms with E-state index in [9.17, 15) is 10.1 Å². The summed E-state index contributed by atoms with van der Waals surface area (Å²) in [7, 11) is -0.596. The summed E-state index contributed by atoms with van der Waals surface area (Å²) in [6.45, 7) is 10.3. The lowest BCUT2D eigenvalue weighted by Crippen LogP contribution is -2.48. The lowest BCUT2D eigenvalue weighted by molar-refractivity contribution is -0.384. The number of aromatic nitrogens is 1. The van der Waals surface area contributed by atoms with Gasteiger partial charge in [-0.2, -0.15) is 0 Å². The molecule has 0 atom stereocenters. The van der Waals surface area contributed by atoms with Crippen molar-refractivity contribution < 1.29 is 14.2 Å². The van der Waals surface area contributed by atoms with Crippen molar-refractivity contribution in [1.29, 1.82) is 0 Å². The molecule has 7 nitrogen and oxygen atoms in total. The highest BCUT2D eigenvalue weighted by atomic mass is 16.6. The van der Waals surface area contributed by atoms with Crippen LogP contribution >= 0.6 is 0 Å². The maximum absolute atomic E-state index is 11.9. The summed E-state index contributed by atoms with van der Waals surface area (Å²) in [6.07, 6.45) is 7.40. The van der Waals surface area contributed by atoms with Crippen LogP contribution < -0.4 is 10.4 Å². The van der Waals surface area contributed by atoms with Crippen molar-refractivity contribution in [1.82, 2.24) is 4.98 Å². The van der Waals surface area contributed by atoms with Crippen LogP contribution in [0.1, 0.15) is 59.8 Å². The van der Waals surface area contributed by atoms with Crippen LogP contribution in [0.4, 0.5) is 11.5 Å². The quantitative estimate of drug-likeness (QED) is 0.421. The number of rotatable bonds is 6. The summed E-state index contributed by atoms with van der Waals surface area (Å²) in [4.78, 5) is 18.3. The highest BCUT2D eigenvalue weighted by molar-refractivity contribution is 6.61. The maximum Gasteiger partial charge on any atom is 0.495 e. The monoisotopic (exact) mass is 389 g/mol. The third kappa shape index (κ3) is 5.03.